The summed E-state index contributed by atoms with van der Waals surface area (Å²) in [5.41, 5.74) is 0. The highest BCUT2D eigenvalue weighted by atomic mass is 16.6. The van der Waals surface area contributed by atoms with Gasteiger partial charge in [-0.1, -0.05) is 0 Å². The summed E-state index contributed by atoms with van der Waals surface area (Å²) in [4.78, 5) is 11.6. The minimum atomic E-state index is -0.412. The molecule has 0 aromatic heterocycles. The van der Waals surface area contributed by atoms with Crippen LogP contribution in [0, 0.1) is 0 Å². The van der Waals surface area contributed by atoms with Crippen LogP contribution < -0.4 is 10.6 Å². The molecule has 2 unspecified atom stereocenters. The highest BCUT2D eigenvalue weighted by molar-refractivity contribution is 5.80. The molecule has 0 spiro atoms. The Kier molecular flexibility index (Phi) is 4.56. The summed E-state index contributed by atoms with van der Waals surface area (Å²) in [7, 11) is 0. The largest absolute Gasteiger partial charge is 0.376 e. The maximum atomic E-state index is 11.6. The maximum Gasteiger partial charge on any atom is 0.251 e. The normalized spacial score (nSPS) is 30.2. The summed E-state index contributed by atoms with van der Waals surface area (Å²) >= 11 is 0. The van der Waals surface area contributed by atoms with Gasteiger partial charge in [-0.2, -0.15) is 0 Å². The third kappa shape index (κ3) is 3.43. The van der Waals surface area contributed by atoms with Gasteiger partial charge in [-0.15, -0.1) is 0 Å². The van der Waals surface area contributed by atoms with Crippen molar-refractivity contribution in [2.75, 3.05) is 32.9 Å². The van der Waals surface area contributed by atoms with E-state index in [9.17, 15) is 4.79 Å². The van der Waals surface area contributed by atoms with Gasteiger partial charge in [-0.25, -0.2) is 0 Å². The first-order valence-corrected chi connectivity index (χ1v) is 6.07. The van der Waals surface area contributed by atoms with E-state index >= 15 is 0 Å². The molecule has 2 fully saturated rings. The number of nitrogens with one attached hydrogen (secondary N) is 2. The Labute approximate surface area is 95.9 Å². The summed E-state index contributed by atoms with van der Waals surface area (Å²) in [6.45, 7) is 3.32. The first-order chi connectivity index (χ1) is 7.86. The Morgan fingerprint density at radius 3 is 3.06 bits per heavy atom. The van der Waals surface area contributed by atoms with Crippen molar-refractivity contribution in [1.29, 1.82) is 0 Å². The topological polar surface area (TPSA) is 59.6 Å². The molecule has 0 radical (unpaired) electrons. The van der Waals surface area contributed by atoms with Gasteiger partial charge in [0.2, 0.25) is 0 Å². The minimum absolute atomic E-state index is 0.0438. The molecule has 2 rings (SSSR count). The number of carbonyl (C=O) groups excluding carboxylic acids is 1. The lowest BCUT2D eigenvalue weighted by atomic mass is 10.1. The van der Waals surface area contributed by atoms with Gasteiger partial charge in [0, 0.05) is 12.6 Å². The molecule has 5 nitrogen and oxygen atoms in total. The van der Waals surface area contributed by atoms with Gasteiger partial charge in [0.05, 0.1) is 19.8 Å². The Hall–Kier alpha value is -0.650. The summed E-state index contributed by atoms with van der Waals surface area (Å²) in [5, 5.41) is 6.30. The average molecular weight is 228 g/mol. The standard InChI is InChI=1S/C11H20N2O3/c14-11(10-8-15-6-7-16-10)13-5-3-9-2-1-4-12-9/h9-10,12H,1-8H2,(H,13,14). The van der Waals surface area contributed by atoms with E-state index in [1.807, 2.05) is 0 Å². The number of carbonyl (C=O) groups is 1. The van der Waals surface area contributed by atoms with Gasteiger partial charge >= 0.3 is 0 Å². The second-order valence-electron chi connectivity index (χ2n) is 4.31. The number of amides is 1. The summed E-state index contributed by atoms with van der Waals surface area (Å²) in [5.74, 6) is -0.0438. The molecule has 5 heteroatoms. The number of ether oxygens (including phenoxy) is 2. The van der Waals surface area contributed by atoms with Crippen molar-refractivity contribution in [3.63, 3.8) is 0 Å². The SMILES string of the molecule is O=C(NCCC1CCCN1)C1COCCO1. The Balaban J connectivity index is 1.59. The zero-order valence-electron chi connectivity index (χ0n) is 9.54. The first-order valence-electron chi connectivity index (χ1n) is 6.07. The van der Waals surface area contributed by atoms with Crippen molar-refractivity contribution in [2.45, 2.75) is 31.4 Å². The van der Waals surface area contributed by atoms with E-state index in [1.165, 1.54) is 12.8 Å². The monoisotopic (exact) mass is 228 g/mol. The van der Waals surface area contributed by atoms with Crippen LogP contribution in [0.4, 0.5) is 0 Å². The fraction of sp³-hybridized carbons (Fsp3) is 0.909. The van der Waals surface area contributed by atoms with Crippen LogP contribution in [0.25, 0.3) is 0 Å². The van der Waals surface area contributed by atoms with Crippen LogP contribution in [-0.2, 0) is 14.3 Å². The van der Waals surface area contributed by atoms with E-state index in [0.29, 0.717) is 25.9 Å². The molecule has 2 heterocycles. The molecule has 2 aliphatic heterocycles. The lowest BCUT2D eigenvalue weighted by Crippen LogP contribution is -2.43. The van der Waals surface area contributed by atoms with Crippen molar-refractivity contribution in [3.05, 3.63) is 0 Å². The van der Waals surface area contributed by atoms with Crippen LogP contribution in [0.2, 0.25) is 0 Å². The first kappa shape index (κ1) is 11.8. The zero-order chi connectivity index (χ0) is 11.2. The van der Waals surface area contributed by atoms with Crippen LogP contribution in [-0.4, -0.2) is 51.0 Å². The number of hydrogen-bond acceptors (Lipinski definition) is 4. The van der Waals surface area contributed by atoms with Gasteiger partial charge in [0.25, 0.3) is 5.91 Å². The number of rotatable bonds is 4. The molecule has 2 aliphatic rings. The van der Waals surface area contributed by atoms with Gasteiger partial charge in [0.15, 0.2) is 6.10 Å². The zero-order valence-corrected chi connectivity index (χ0v) is 9.54. The van der Waals surface area contributed by atoms with Crippen LogP contribution in [0.1, 0.15) is 19.3 Å². The lowest BCUT2D eigenvalue weighted by Gasteiger charge is -2.22. The molecule has 0 aliphatic carbocycles. The van der Waals surface area contributed by atoms with Crippen molar-refractivity contribution in [1.82, 2.24) is 10.6 Å². The minimum Gasteiger partial charge on any atom is -0.376 e. The van der Waals surface area contributed by atoms with Crippen molar-refractivity contribution >= 4 is 5.91 Å². The van der Waals surface area contributed by atoms with Gasteiger partial charge < -0.3 is 20.1 Å². The van der Waals surface area contributed by atoms with Crippen molar-refractivity contribution in [2.24, 2.45) is 0 Å². The molecule has 2 saturated heterocycles. The van der Waals surface area contributed by atoms with Crippen molar-refractivity contribution in [3.8, 4) is 0 Å². The van der Waals surface area contributed by atoms with Crippen LogP contribution >= 0.6 is 0 Å². The van der Waals surface area contributed by atoms with Crippen LogP contribution in [0.3, 0.4) is 0 Å². The molecule has 92 valence electrons. The van der Waals surface area contributed by atoms with Gasteiger partial charge in [-0.3, -0.25) is 4.79 Å². The molecule has 0 saturated carbocycles. The third-order valence-corrected chi connectivity index (χ3v) is 3.06. The van der Waals surface area contributed by atoms with E-state index in [0.717, 1.165) is 19.5 Å². The van der Waals surface area contributed by atoms with Crippen molar-refractivity contribution < 1.29 is 14.3 Å². The molecule has 2 N–H and O–H groups in total. The smallest absolute Gasteiger partial charge is 0.251 e. The Morgan fingerprint density at radius 2 is 2.38 bits per heavy atom. The van der Waals surface area contributed by atoms with E-state index < -0.39 is 6.10 Å². The average Bonchev–Trinajstić information content (AvgIpc) is 2.83. The molecule has 16 heavy (non-hydrogen) atoms. The molecule has 0 aromatic rings. The quantitative estimate of drug-likeness (QED) is 0.691. The summed E-state index contributed by atoms with van der Waals surface area (Å²) < 4.78 is 10.5. The van der Waals surface area contributed by atoms with Crippen LogP contribution in [0.5, 0.6) is 0 Å². The Morgan fingerprint density at radius 1 is 1.44 bits per heavy atom. The molecule has 0 bridgehead atoms. The molecule has 2 atom stereocenters. The molecular weight excluding hydrogens is 208 g/mol. The van der Waals surface area contributed by atoms with Gasteiger partial charge in [0.1, 0.15) is 0 Å². The lowest BCUT2D eigenvalue weighted by molar-refractivity contribution is -0.147. The maximum absolute atomic E-state index is 11.6. The fourth-order valence-corrected chi connectivity index (χ4v) is 2.13. The third-order valence-electron chi connectivity index (χ3n) is 3.06. The predicted octanol–water partition coefficient (Wildman–Crippen LogP) is -0.340. The van der Waals surface area contributed by atoms with E-state index in [2.05, 4.69) is 10.6 Å². The molecule has 0 aromatic carbocycles. The van der Waals surface area contributed by atoms with Crippen LogP contribution in [0.15, 0.2) is 0 Å². The summed E-state index contributed by atoms with van der Waals surface area (Å²) in [6, 6.07) is 0.573. The second kappa shape index (κ2) is 6.18. The number of hydrogen-bond donors (Lipinski definition) is 2. The van der Waals surface area contributed by atoms with E-state index in [-0.39, 0.29) is 5.91 Å². The second-order valence-corrected chi connectivity index (χ2v) is 4.31. The highest BCUT2D eigenvalue weighted by Gasteiger charge is 2.22. The fourth-order valence-electron chi connectivity index (χ4n) is 2.13. The van der Waals surface area contributed by atoms with E-state index in [1.54, 1.807) is 0 Å². The highest BCUT2D eigenvalue weighted by Crippen LogP contribution is 2.07. The van der Waals surface area contributed by atoms with E-state index in [4.69, 9.17) is 9.47 Å². The van der Waals surface area contributed by atoms with Gasteiger partial charge in [-0.05, 0) is 25.8 Å². The molecule has 1 amide bonds. The summed E-state index contributed by atoms with van der Waals surface area (Å²) in [6.07, 6.45) is 3.06. The Bertz CT molecular complexity index is 223. The molecular formula is C11H20N2O3. The predicted molar refractivity (Wildman–Crippen MR) is 59.2 cm³/mol.